The Balaban J connectivity index is 1.78. The van der Waals surface area contributed by atoms with Crippen molar-refractivity contribution < 1.29 is 0 Å². The molecule has 4 heteroatoms. The van der Waals surface area contributed by atoms with Gasteiger partial charge < -0.3 is 0 Å². The molecule has 0 amide bonds. The lowest BCUT2D eigenvalue weighted by Gasteiger charge is -2.02. The molecule has 0 aliphatic carbocycles. The molecule has 0 saturated heterocycles. The largest absolute Gasteiger partial charge is 0.265 e. The first-order valence-corrected chi connectivity index (χ1v) is 9.20. The highest BCUT2D eigenvalue weighted by molar-refractivity contribution is 8.14. The topological polar surface area (TPSA) is 25.2 Å². The van der Waals surface area contributed by atoms with Crippen molar-refractivity contribution in [1.29, 1.82) is 0 Å². The monoisotopic (exact) mass is 348 g/mol. The van der Waals surface area contributed by atoms with Crippen molar-refractivity contribution in [3.8, 4) is 0 Å². The second-order valence-electron chi connectivity index (χ2n) is 4.80. The highest BCUT2D eigenvalue weighted by Crippen LogP contribution is 2.25. The zero-order valence-corrected chi connectivity index (χ0v) is 14.6. The molecule has 24 heavy (non-hydrogen) atoms. The predicted octanol–water partition coefficient (Wildman–Crippen LogP) is 6.21. The summed E-state index contributed by atoms with van der Waals surface area (Å²) < 4.78 is 0. The molecule has 0 fully saturated rings. The van der Waals surface area contributed by atoms with Crippen LogP contribution in [-0.4, -0.2) is 10.0 Å². The first-order valence-electron chi connectivity index (χ1n) is 7.50. The Bertz CT molecular complexity index is 801. The van der Waals surface area contributed by atoms with E-state index >= 15 is 0 Å². The van der Waals surface area contributed by atoms with Crippen LogP contribution in [0.2, 0.25) is 0 Å². The summed E-state index contributed by atoms with van der Waals surface area (Å²) in [6.07, 6.45) is 5.64. The van der Waals surface area contributed by atoms with E-state index in [4.69, 9.17) is 4.99 Å². The number of aliphatic imine (C=N–C) groups is 1. The highest BCUT2D eigenvalue weighted by atomic mass is 32.2. The van der Waals surface area contributed by atoms with Gasteiger partial charge in [0.2, 0.25) is 0 Å². The van der Waals surface area contributed by atoms with E-state index in [1.54, 1.807) is 35.9 Å². The molecule has 1 heterocycles. The number of aromatic nitrogens is 1. The van der Waals surface area contributed by atoms with Crippen molar-refractivity contribution in [1.82, 2.24) is 4.98 Å². The fourth-order valence-corrected chi connectivity index (χ4v) is 3.46. The van der Waals surface area contributed by atoms with E-state index in [9.17, 15) is 0 Å². The third-order valence-electron chi connectivity index (χ3n) is 3.03. The van der Waals surface area contributed by atoms with Gasteiger partial charge in [-0.15, -0.1) is 0 Å². The SMILES string of the molecule is C(=CC(=Nc1ccccc1)Sc1ccncc1)Sc1ccccc1. The molecule has 0 saturated carbocycles. The van der Waals surface area contributed by atoms with E-state index in [1.807, 2.05) is 60.7 Å². The average Bonchev–Trinajstić information content (AvgIpc) is 2.64. The molecule has 0 unspecified atom stereocenters. The van der Waals surface area contributed by atoms with Crippen LogP contribution in [0.4, 0.5) is 5.69 Å². The molecular formula is C20H16N2S2. The highest BCUT2D eigenvalue weighted by Gasteiger charge is 2.00. The summed E-state index contributed by atoms with van der Waals surface area (Å²) in [6, 6.07) is 24.3. The van der Waals surface area contributed by atoms with E-state index in [1.165, 1.54) is 4.90 Å². The molecule has 0 atom stereocenters. The predicted molar refractivity (Wildman–Crippen MR) is 105 cm³/mol. The summed E-state index contributed by atoms with van der Waals surface area (Å²) in [4.78, 5) is 11.1. The fraction of sp³-hybridized carbons (Fsp3) is 0. The van der Waals surface area contributed by atoms with E-state index in [-0.39, 0.29) is 0 Å². The number of thioether (sulfide) groups is 2. The number of benzene rings is 2. The van der Waals surface area contributed by atoms with Gasteiger partial charge in [-0.05, 0) is 47.9 Å². The Morgan fingerprint density at radius 3 is 2.17 bits per heavy atom. The molecule has 3 aromatic rings. The van der Waals surface area contributed by atoms with Crippen molar-refractivity contribution in [3.63, 3.8) is 0 Å². The number of pyridine rings is 1. The molecule has 0 spiro atoms. The van der Waals surface area contributed by atoms with Gasteiger partial charge in [0.1, 0.15) is 5.04 Å². The number of para-hydroxylation sites is 1. The Morgan fingerprint density at radius 1 is 0.792 bits per heavy atom. The Morgan fingerprint density at radius 2 is 1.46 bits per heavy atom. The van der Waals surface area contributed by atoms with Gasteiger partial charge in [0.25, 0.3) is 0 Å². The maximum atomic E-state index is 4.74. The summed E-state index contributed by atoms with van der Waals surface area (Å²) in [5, 5.41) is 3.02. The summed E-state index contributed by atoms with van der Waals surface area (Å²) in [6.45, 7) is 0. The van der Waals surface area contributed by atoms with Crippen LogP contribution in [-0.2, 0) is 0 Å². The lowest BCUT2D eigenvalue weighted by Crippen LogP contribution is -1.86. The Hall–Kier alpha value is -2.30. The second kappa shape index (κ2) is 9.11. The molecule has 0 aliphatic heterocycles. The van der Waals surface area contributed by atoms with Gasteiger partial charge >= 0.3 is 0 Å². The first-order chi connectivity index (χ1) is 11.9. The van der Waals surface area contributed by atoms with Crippen molar-refractivity contribution in [2.75, 3.05) is 0 Å². The van der Waals surface area contributed by atoms with E-state index < -0.39 is 0 Å². The normalized spacial score (nSPS) is 11.8. The van der Waals surface area contributed by atoms with Crippen LogP contribution in [0.15, 0.2) is 111 Å². The minimum absolute atomic E-state index is 0.941. The van der Waals surface area contributed by atoms with E-state index in [0.29, 0.717) is 0 Å². The number of rotatable bonds is 5. The quantitative estimate of drug-likeness (QED) is 0.311. The molecule has 2 nitrogen and oxygen atoms in total. The smallest absolute Gasteiger partial charge is 0.102 e. The van der Waals surface area contributed by atoms with Crippen LogP contribution in [0.5, 0.6) is 0 Å². The molecule has 2 aromatic carbocycles. The van der Waals surface area contributed by atoms with Gasteiger partial charge in [0.05, 0.1) is 5.69 Å². The van der Waals surface area contributed by atoms with Crippen LogP contribution in [0.3, 0.4) is 0 Å². The van der Waals surface area contributed by atoms with Crippen LogP contribution in [0, 0.1) is 0 Å². The molecule has 3 rings (SSSR count). The summed E-state index contributed by atoms with van der Waals surface area (Å²) >= 11 is 3.31. The van der Waals surface area contributed by atoms with Crippen LogP contribution < -0.4 is 0 Å². The summed E-state index contributed by atoms with van der Waals surface area (Å²) in [7, 11) is 0. The van der Waals surface area contributed by atoms with Crippen LogP contribution >= 0.6 is 23.5 Å². The van der Waals surface area contributed by atoms with Crippen molar-refractivity contribution in [2.24, 2.45) is 4.99 Å². The molecule has 1 aromatic heterocycles. The van der Waals surface area contributed by atoms with Crippen molar-refractivity contribution in [2.45, 2.75) is 9.79 Å². The molecule has 0 N–H and O–H groups in total. The fourth-order valence-electron chi connectivity index (χ4n) is 1.92. The molecule has 0 radical (unpaired) electrons. The third-order valence-corrected chi connectivity index (χ3v) is 4.79. The molecular weight excluding hydrogens is 332 g/mol. The standard InChI is InChI=1S/C20H16N2S2/c1-3-7-17(8-4-1)22-20(24-19-11-14-21-15-12-19)13-16-23-18-9-5-2-6-10-18/h1-16H. The second-order valence-corrected chi connectivity index (χ2v) is 6.88. The zero-order chi connectivity index (χ0) is 16.5. The van der Waals surface area contributed by atoms with Crippen molar-refractivity contribution >= 4 is 34.3 Å². The zero-order valence-electron chi connectivity index (χ0n) is 12.9. The van der Waals surface area contributed by atoms with Crippen LogP contribution in [0.25, 0.3) is 0 Å². The maximum absolute atomic E-state index is 4.74. The van der Waals surface area contributed by atoms with Gasteiger partial charge in [0.15, 0.2) is 0 Å². The van der Waals surface area contributed by atoms with Crippen LogP contribution in [0.1, 0.15) is 0 Å². The lowest BCUT2D eigenvalue weighted by molar-refractivity contribution is 1.27. The minimum atomic E-state index is 0.941. The Kier molecular flexibility index (Phi) is 6.28. The molecule has 0 bridgehead atoms. The van der Waals surface area contributed by atoms with E-state index in [0.717, 1.165) is 15.6 Å². The number of nitrogens with zero attached hydrogens (tertiary/aromatic N) is 2. The minimum Gasteiger partial charge on any atom is -0.265 e. The van der Waals surface area contributed by atoms with Gasteiger partial charge in [-0.25, -0.2) is 4.99 Å². The molecule has 118 valence electrons. The molecule has 0 aliphatic rings. The van der Waals surface area contributed by atoms with Gasteiger partial charge in [0, 0.05) is 22.2 Å². The maximum Gasteiger partial charge on any atom is 0.102 e. The average molecular weight is 348 g/mol. The van der Waals surface area contributed by atoms with Gasteiger partial charge in [-0.1, -0.05) is 59.9 Å². The van der Waals surface area contributed by atoms with Gasteiger partial charge in [-0.3, -0.25) is 4.98 Å². The number of hydrogen-bond acceptors (Lipinski definition) is 4. The van der Waals surface area contributed by atoms with Gasteiger partial charge in [-0.2, -0.15) is 0 Å². The number of hydrogen-bond donors (Lipinski definition) is 0. The Labute approximate surface area is 150 Å². The van der Waals surface area contributed by atoms with Crippen molar-refractivity contribution in [3.05, 3.63) is 96.7 Å². The lowest BCUT2D eigenvalue weighted by atomic mass is 10.3. The third kappa shape index (κ3) is 5.41. The summed E-state index contributed by atoms with van der Waals surface area (Å²) in [5.74, 6) is 0. The van der Waals surface area contributed by atoms with E-state index in [2.05, 4.69) is 28.6 Å². The summed E-state index contributed by atoms with van der Waals surface area (Å²) in [5.41, 5.74) is 0.948. The first kappa shape index (κ1) is 16.6.